The second kappa shape index (κ2) is 10.5. The van der Waals surface area contributed by atoms with Crippen molar-refractivity contribution in [2.24, 2.45) is 0 Å². The summed E-state index contributed by atoms with van der Waals surface area (Å²) in [5.41, 5.74) is 4.33. The van der Waals surface area contributed by atoms with E-state index in [0.29, 0.717) is 0 Å². The van der Waals surface area contributed by atoms with Crippen LogP contribution in [0.5, 0.6) is 0 Å². The lowest BCUT2D eigenvalue weighted by Crippen LogP contribution is -2.12. The average molecular weight is 389 g/mol. The summed E-state index contributed by atoms with van der Waals surface area (Å²) in [6, 6.07) is 6.89. The predicted octanol–water partition coefficient (Wildman–Crippen LogP) is 5.83. The van der Waals surface area contributed by atoms with Crippen LogP contribution in [0.25, 0.3) is 0 Å². The van der Waals surface area contributed by atoms with Gasteiger partial charge in [-0.3, -0.25) is 0 Å². The Hall–Kier alpha value is -0.840. The minimum Gasteiger partial charge on any atom is -0.309 e. The van der Waals surface area contributed by atoms with Crippen molar-refractivity contribution in [2.75, 3.05) is 26.4 Å². The van der Waals surface area contributed by atoms with Crippen LogP contribution in [-0.2, 0) is 19.3 Å². The van der Waals surface area contributed by atoms with Crippen molar-refractivity contribution in [3.8, 4) is 0 Å². The Balaban J connectivity index is 1.57. The molecule has 2 aromatic heterocycles. The molecule has 26 heavy (non-hydrogen) atoms. The molecule has 0 atom stereocenters. The summed E-state index contributed by atoms with van der Waals surface area (Å²) < 4.78 is 0. The number of hydrogen-bond acceptors (Lipinski definition) is 4. The van der Waals surface area contributed by atoms with Gasteiger partial charge in [0.15, 0.2) is 0 Å². The van der Waals surface area contributed by atoms with Crippen LogP contribution in [0, 0.1) is 0 Å². The highest BCUT2D eigenvalue weighted by Crippen LogP contribution is 2.30. The van der Waals surface area contributed by atoms with Crippen LogP contribution in [0.2, 0.25) is 0 Å². The van der Waals surface area contributed by atoms with Crippen LogP contribution in [0.3, 0.4) is 0 Å². The van der Waals surface area contributed by atoms with E-state index in [4.69, 9.17) is 4.98 Å². The van der Waals surface area contributed by atoms with Crippen molar-refractivity contribution in [3.05, 3.63) is 45.3 Å². The average Bonchev–Trinajstić information content (AvgIpc) is 3.14. The number of thiophene rings is 1. The molecule has 0 saturated heterocycles. The first kappa shape index (κ1) is 19.9. The van der Waals surface area contributed by atoms with E-state index >= 15 is 0 Å². The van der Waals surface area contributed by atoms with Gasteiger partial charge in [0.1, 0.15) is 0 Å². The number of pyridine rings is 1. The molecule has 0 unspecified atom stereocenters. The number of aryl methyl sites for hydroxylation is 2. The molecule has 1 aliphatic rings. The summed E-state index contributed by atoms with van der Waals surface area (Å²) in [6.45, 7) is 1.21. The standard InChI is InChI=1S/C22H32N2S2/c1-24(2)13-7-3-4-8-14-26-22-19(17-20-11-9-15-25-20)16-18-10-5-6-12-21(18)23-22/h9,11,15-16H,3-8,10,12-14,17H2,1-2H3. The number of hydrogen-bond donors (Lipinski definition) is 0. The molecular formula is C22H32N2S2. The molecule has 2 heterocycles. The van der Waals surface area contributed by atoms with Crippen molar-refractivity contribution in [3.63, 3.8) is 0 Å². The zero-order valence-electron chi connectivity index (χ0n) is 16.3. The Morgan fingerprint density at radius 1 is 1.12 bits per heavy atom. The second-order valence-electron chi connectivity index (χ2n) is 7.59. The van der Waals surface area contributed by atoms with E-state index in [1.165, 1.54) is 90.4 Å². The van der Waals surface area contributed by atoms with E-state index in [-0.39, 0.29) is 0 Å². The Labute approximate surface area is 167 Å². The van der Waals surface area contributed by atoms with Crippen LogP contribution in [0.1, 0.15) is 60.2 Å². The highest BCUT2D eigenvalue weighted by atomic mass is 32.2. The molecular weight excluding hydrogens is 356 g/mol. The first-order valence-electron chi connectivity index (χ1n) is 10.0. The first-order chi connectivity index (χ1) is 12.7. The number of unbranched alkanes of at least 4 members (excludes halogenated alkanes) is 3. The van der Waals surface area contributed by atoms with E-state index in [1.807, 2.05) is 23.1 Å². The zero-order valence-corrected chi connectivity index (χ0v) is 17.9. The lowest BCUT2D eigenvalue weighted by atomic mass is 9.94. The van der Waals surface area contributed by atoms with Gasteiger partial charge < -0.3 is 4.90 Å². The predicted molar refractivity (Wildman–Crippen MR) is 116 cm³/mol. The monoisotopic (exact) mass is 388 g/mol. The first-order valence-corrected chi connectivity index (χ1v) is 11.9. The maximum absolute atomic E-state index is 5.11. The fourth-order valence-electron chi connectivity index (χ4n) is 3.57. The summed E-state index contributed by atoms with van der Waals surface area (Å²) in [5, 5.41) is 3.48. The molecule has 0 amide bonds. The fraction of sp³-hybridized carbons (Fsp3) is 0.591. The maximum Gasteiger partial charge on any atom is 0.0999 e. The summed E-state index contributed by atoms with van der Waals surface area (Å²) in [6.07, 6.45) is 11.4. The van der Waals surface area contributed by atoms with Crippen molar-refractivity contribution < 1.29 is 0 Å². The highest BCUT2D eigenvalue weighted by molar-refractivity contribution is 7.99. The number of fused-ring (bicyclic) bond motifs is 1. The van der Waals surface area contributed by atoms with Crippen LogP contribution in [0.15, 0.2) is 28.6 Å². The summed E-state index contributed by atoms with van der Waals surface area (Å²) in [5.74, 6) is 1.20. The molecule has 0 fully saturated rings. The van der Waals surface area contributed by atoms with Crippen molar-refractivity contribution in [2.45, 2.75) is 62.8 Å². The second-order valence-corrected chi connectivity index (χ2v) is 9.70. The van der Waals surface area contributed by atoms with E-state index in [0.717, 1.165) is 6.42 Å². The van der Waals surface area contributed by atoms with Gasteiger partial charge in [0, 0.05) is 17.0 Å². The van der Waals surface area contributed by atoms with Gasteiger partial charge in [0.25, 0.3) is 0 Å². The van der Waals surface area contributed by atoms with Crippen LogP contribution < -0.4 is 0 Å². The molecule has 2 aromatic rings. The molecule has 0 N–H and O–H groups in total. The maximum atomic E-state index is 5.11. The summed E-state index contributed by atoms with van der Waals surface area (Å²) in [4.78, 5) is 8.84. The molecule has 2 nitrogen and oxygen atoms in total. The lowest BCUT2D eigenvalue weighted by molar-refractivity contribution is 0.391. The largest absolute Gasteiger partial charge is 0.309 e. The Morgan fingerprint density at radius 2 is 1.96 bits per heavy atom. The minimum absolute atomic E-state index is 1.04. The Morgan fingerprint density at radius 3 is 2.77 bits per heavy atom. The minimum atomic E-state index is 1.04. The van der Waals surface area contributed by atoms with Crippen molar-refractivity contribution >= 4 is 23.1 Å². The van der Waals surface area contributed by atoms with E-state index in [1.54, 1.807) is 0 Å². The van der Waals surface area contributed by atoms with Gasteiger partial charge in [0.05, 0.1) is 5.03 Å². The highest BCUT2D eigenvalue weighted by Gasteiger charge is 2.16. The molecule has 3 rings (SSSR count). The van der Waals surface area contributed by atoms with Crippen LogP contribution >= 0.6 is 23.1 Å². The molecule has 0 saturated carbocycles. The van der Waals surface area contributed by atoms with Crippen molar-refractivity contribution in [1.29, 1.82) is 0 Å². The molecule has 0 aliphatic heterocycles. The van der Waals surface area contributed by atoms with Gasteiger partial charge in [-0.1, -0.05) is 25.0 Å². The SMILES string of the molecule is CN(C)CCCCCCSc1nc2c(cc1Cc1cccs1)CCCC2. The van der Waals surface area contributed by atoms with Gasteiger partial charge >= 0.3 is 0 Å². The molecule has 1 aliphatic carbocycles. The molecule has 4 heteroatoms. The summed E-state index contributed by atoms with van der Waals surface area (Å²) >= 11 is 3.85. The van der Waals surface area contributed by atoms with E-state index < -0.39 is 0 Å². The third kappa shape index (κ3) is 6.11. The Bertz CT molecular complexity index is 665. The lowest BCUT2D eigenvalue weighted by Gasteiger charge is -2.18. The summed E-state index contributed by atoms with van der Waals surface area (Å²) in [7, 11) is 4.32. The van der Waals surface area contributed by atoms with Crippen LogP contribution in [-0.4, -0.2) is 36.3 Å². The molecule has 0 aromatic carbocycles. The number of nitrogens with zero attached hydrogens (tertiary/aromatic N) is 2. The smallest absolute Gasteiger partial charge is 0.0999 e. The number of rotatable bonds is 10. The molecule has 0 radical (unpaired) electrons. The van der Waals surface area contributed by atoms with Gasteiger partial charge in [-0.2, -0.15) is 0 Å². The van der Waals surface area contributed by atoms with Gasteiger partial charge in [-0.05, 0) is 87.5 Å². The molecule has 0 bridgehead atoms. The normalized spacial score (nSPS) is 14.0. The Kier molecular flexibility index (Phi) is 8.03. The third-order valence-corrected chi connectivity index (χ3v) is 7.02. The van der Waals surface area contributed by atoms with Crippen LogP contribution in [0.4, 0.5) is 0 Å². The fourth-order valence-corrected chi connectivity index (χ4v) is 5.33. The number of aromatic nitrogens is 1. The van der Waals surface area contributed by atoms with E-state index in [2.05, 4.69) is 42.6 Å². The van der Waals surface area contributed by atoms with Gasteiger partial charge in [-0.25, -0.2) is 4.98 Å². The van der Waals surface area contributed by atoms with Gasteiger partial charge in [0.2, 0.25) is 0 Å². The molecule has 142 valence electrons. The quantitative estimate of drug-likeness (QED) is 0.376. The van der Waals surface area contributed by atoms with E-state index in [9.17, 15) is 0 Å². The van der Waals surface area contributed by atoms with Gasteiger partial charge in [-0.15, -0.1) is 23.1 Å². The zero-order chi connectivity index (χ0) is 18.2. The topological polar surface area (TPSA) is 16.1 Å². The van der Waals surface area contributed by atoms with Crippen molar-refractivity contribution in [1.82, 2.24) is 9.88 Å². The third-order valence-electron chi connectivity index (χ3n) is 5.02. The molecule has 0 spiro atoms. The number of thioether (sulfide) groups is 1.